The maximum Gasteiger partial charge on any atom is 0.243 e. The van der Waals surface area contributed by atoms with Crippen molar-refractivity contribution in [1.29, 1.82) is 0 Å². The van der Waals surface area contributed by atoms with Crippen LogP contribution >= 0.6 is 24.0 Å². The van der Waals surface area contributed by atoms with E-state index in [4.69, 9.17) is 9.47 Å². The van der Waals surface area contributed by atoms with Gasteiger partial charge in [-0.05, 0) is 32.4 Å². The van der Waals surface area contributed by atoms with Gasteiger partial charge in [0, 0.05) is 33.9 Å². The van der Waals surface area contributed by atoms with Gasteiger partial charge in [0.25, 0.3) is 0 Å². The molecule has 1 rings (SSSR count). The highest BCUT2D eigenvalue weighted by atomic mass is 127. The second-order valence-corrected chi connectivity index (χ2v) is 6.17. The SMILES string of the molecule is CCOCCCNC(=NCC(=O)N(C)C)NCC(C)Oc1ccccc1F.I. The number of hydrogen-bond acceptors (Lipinski definition) is 4. The van der Waals surface area contributed by atoms with Crippen molar-refractivity contribution in [2.75, 3.05) is 46.9 Å². The van der Waals surface area contributed by atoms with Gasteiger partial charge in [0.1, 0.15) is 12.6 Å². The van der Waals surface area contributed by atoms with E-state index in [2.05, 4.69) is 15.6 Å². The van der Waals surface area contributed by atoms with Crippen LogP contribution in [-0.2, 0) is 9.53 Å². The molecule has 0 spiro atoms. The zero-order chi connectivity index (χ0) is 20.1. The van der Waals surface area contributed by atoms with E-state index >= 15 is 0 Å². The highest BCUT2D eigenvalue weighted by molar-refractivity contribution is 14.0. The van der Waals surface area contributed by atoms with E-state index in [1.165, 1.54) is 11.0 Å². The molecule has 0 saturated heterocycles. The topological polar surface area (TPSA) is 75.2 Å². The van der Waals surface area contributed by atoms with Crippen molar-refractivity contribution in [3.63, 3.8) is 0 Å². The molecule has 160 valence electrons. The van der Waals surface area contributed by atoms with Crippen LogP contribution in [-0.4, -0.2) is 69.8 Å². The molecule has 0 aliphatic rings. The van der Waals surface area contributed by atoms with Gasteiger partial charge in [-0.3, -0.25) is 4.79 Å². The number of nitrogens with zero attached hydrogens (tertiary/aromatic N) is 2. The predicted molar refractivity (Wildman–Crippen MR) is 120 cm³/mol. The fraction of sp³-hybridized carbons (Fsp3) is 0.579. The van der Waals surface area contributed by atoms with E-state index in [9.17, 15) is 9.18 Å². The summed E-state index contributed by atoms with van der Waals surface area (Å²) in [6.45, 7) is 6.22. The lowest BCUT2D eigenvalue weighted by atomic mass is 10.3. The molecule has 1 aromatic rings. The summed E-state index contributed by atoms with van der Waals surface area (Å²) in [6.07, 6.45) is 0.527. The molecule has 1 unspecified atom stereocenters. The first kappa shape index (κ1) is 26.4. The van der Waals surface area contributed by atoms with E-state index in [1.54, 1.807) is 32.3 Å². The number of ether oxygens (including phenoxy) is 2. The van der Waals surface area contributed by atoms with Crippen LogP contribution < -0.4 is 15.4 Å². The number of hydrogen-bond donors (Lipinski definition) is 2. The Kier molecular flexibility index (Phi) is 14.4. The number of benzene rings is 1. The molecule has 0 saturated carbocycles. The lowest BCUT2D eigenvalue weighted by Crippen LogP contribution is -2.43. The van der Waals surface area contributed by atoms with Crippen molar-refractivity contribution in [3.8, 4) is 5.75 Å². The van der Waals surface area contributed by atoms with Gasteiger partial charge < -0.3 is 25.0 Å². The Morgan fingerprint density at radius 1 is 1.29 bits per heavy atom. The molecule has 0 heterocycles. The average Bonchev–Trinajstić information content (AvgIpc) is 2.64. The van der Waals surface area contributed by atoms with Crippen molar-refractivity contribution in [1.82, 2.24) is 15.5 Å². The second-order valence-electron chi connectivity index (χ2n) is 6.17. The fourth-order valence-corrected chi connectivity index (χ4v) is 2.03. The van der Waals surface area contributed by atoms with Crippen LogP contribution in [0.25, 0.3) is 0 Å². The molecule has 0 bridgehead atoms. The Hall–Kier alpha value is -1.62. The molecule has 0 aromatic heterocycles. The number of guanidine groups is 1. The number of nitrogens with one attached hydrogen (secondary N) is 2. The molecule has 0 fully saturated rings. The summed E-state index contributed by atoms with van der Waals surface area (Å²) in [5.41, 5.74) is 0. The molecule has 28 heavy (non-hydrogen) atoms. The third kappa shape index (κ3) is 11.3. The van der Waals surface area contributed by atoms with Gasteiger partial charge in [-0.25, -0.2) is 9.38 Å². The Morgan fingerprint density at radius 2 is 2.00 bits per heavy atom. The van der Waals surface area contributed by atoms with Gasteiger partial charge in [-0.2, -0.15) is 0 Å². The van der Waals surface area contributed by atoms with Crippen molar-refractivity contribution < 1.29 is 18.7 Å². The summed E-state index contributed by atoms with van der Waals surface area (Å²) < 4.78 is 24.6. The molecule has 7 nitrogen and oxygen atoms in total. The van der Waals surface area contributed by atoms with Crippen LogP contribution in [0.3, 0.4) is 0 Å². The standard InChI is InChI=1S/C19H31FN4O3.HI/c1-5-26-12-8-11-21-19(23-14-18(25)24(3)4)22-13-15(2)27-17-10-7-6-9-16(17)20;/h6-7,9-10,15H,5,8,11-14H2,1-4H3,(H2,21,22,23);1H. The van der Waals surface area contributed by atoms with Gasteiger partial charge in [-0.1, -0.05) is 12.1 Å². The van der Waals surface area contributed by atoms with E-state index < -0.39 is 5.82 Å². The number of amides is 1. The monoisotopic (exact) mass is 510 g/mol. The Balaban J connectivity index is 0.00000729. The summed E-state index contributed by atoms with van der Waals surface area (Å²) in [7, 11) is 3.37. The normalized spacial score (nSPS) is 12.0. The smallest absolute Gasteiger partial charge is 0.243 e. The van der Waals surface area contributed by atoms with Crippen LogP contribution in [0.2, 0.25) is 0 Å². The van der Waals surface area contributed by atoms with Gasteiger partial charge >= 0.3 is 0 Å². The Morgan fingerprint density at radius 3 is 2.64 bits per heavy atom. The molecule has 0 radical (unpaired) electrons. The van der Waals surface area contributed by atoms with Gasteiger partial charge in [0.2, 0.25) is 5.91 Å². The highest BCUT2D eigenvalue weighted by Crippen LogP contribution is 2.16. The number of rotatable bonds is 11. The summed E-state index contributed by atoms with van der Waals surface area (Å²) in [4.78, 5) is 17.5. The third-order valence-electron chi connectivity index (χ3n) is 3.56. The minimum atomic E-state index is -0.399. The second kappa shape index (κ2) is 15.3. The lowest BCUT2D eigenvalue weighted by Gasteiger charge is -2.18. The maximum absolute atomic E-state index is 13.7. The number of halogens is 2. The first-order chi connectivity index (χ1) is 12.9. The molecule has 1 atom stereocenters. The number of carbonyl (C=O) groups is 1. The van der Waals surface area contributed by atoms with Crippen molar-refractivity contribution in [2.24, 2.45) is 4.99 Å². The largest absolute Gasteiger partial charge is 0.486 e. The zero-order valence-electron chi connectivity index (χ0n) is 17.0. The molecular weight excluding hydrogens is 478 g/mol. The van der Waals surface area contributed by atoms with Crippen molar-refractivity contribution in [3.05, 3.63) is 30.1 Å². The zero-order valence-corrected chi connectivity index (χ0v) is 19.4. The summed E-state index contributed by atoms with van der Waals surface area (Å²) in [5.74, 6) is 0.216. The minimum Gasteiger partial charge on any atom is -0.486 e. The van der Waals surface area contributed by atoms with Crippen LogP contribution in [0.15, 0.2) is 29.3 Å². The average molecular weight is 510 g/mol. The summed E-state index contributed by atoms with van der Waals surface area (Å²) >= 11 is 0. The minimum absolute atomic E-state index is 0. The summed E-state index contributed by atoms with van der Waals surface area (Å²) in [6, 6.07) is 6.28. The Bertz CT molecular complexity index is 602. The van der Waals surface area contributed by atoms with E-state index in [0.29, 0.717) is 32.3 Å². The first-order valence-electron chi connectivity index (χ1n) is 9.15. The quantitative estimate of drug-likeness (QED) is 0.207. The predicted octanol–water partition coefficient (Wildman–Crippen LogP) is 2.26. The number of para-hydroxylation sites is 1. The summed E-state index contributed by atoms with van der Waals surface area (Å²) in [5, 5.41) is 6.29. The highest BCUT2D eigenvalue weighted by Gasteiger charge is 2.10. The molecule has 0 aliphatic heterocycles. The van der Waals surface area contributed by atoms with Crippen LogP contribution in [0.5, 0.6) is 5.75 Å². The van der Waals surface area contributed by atoms with Crippen molar-refractivity contribution in [2.45, 2.75) is 26.4 Å². The molecule has 2 N–H and O–H groups in total. The maximum atomic E-state index is 13.7. The molecular formula is C19H32FIN4O3. The number of aliphatic imine (C=N–C) groups is 1. The van der Waals surface area contributed by atoms with E-state index in [-0.39, 0.29) is 48.3 Å². The van der Waals surface area contributed by atoms with E-state index in [1.807, 2.05) is 13.8 Å². The van der Waals surface area contributed by atoms with E-state index in [0.717, 1.165) is 6.42 Å². The lowest BCUT2D eigenvalue weighted by molar-refractivity contribution is -0.127. The number of likely N-dealkylation sites (N-methyl/N-ethyl adjacent to an activating group) is 1. The van der Waals surface area contributed by atoms with Gasteiger partial charge in [0.15, 0.2) is 17.5 Å². The molecule has 9 heteroatoms. The first-order valence-corrected chi connectivity index (χ1v) is 9.15. The fourth-order valence-electron chi connectivity index (χ4n) is 2.03. The van der Waals surface area contributed by atoms with Crippen molar-refractivity contribution >= 4 is 35.8 Å². The molecule has 1 aromatic carbocycles. The van der Waals surface area contributed by atoms with Crippen LogP contribution in [0.1, 0.15) is 20.3 Å². The van der Waals surface area contributed by atoms with Crippen LogP contribution in [0, 0.1) is 5.82 Å². The third-order valence-corrected chi connectivity index (χ3v) is 3.56. The van der Waals surface area contributed by atoms with Gasteiger partial charge in [-0.15, -0.1) is 24.0 Å². The molecule has 1 amide bonds. The van der Waals surface area contributed by atoms with Gasteiger partial charge in [0.05, 0.1) is 6.54 Å². The van der Waals surface area contributed by atoms with Crippen LogP contribution in [0.4, 0.5) is 4.39 Å². The molecule has 0 aliphatic carbocycles. The Labute approximate surface area is 184 Å². The number of carbonyl (C=O) groups excluding carboxylic acids is 1.